The summed E-state index contributed by atoms with van der Waals surface area (Å²) < 4.78 is 5.46. The topological polar surface area (TPSA) is 46.6 Å². The molecule has 4 nitrogen and oxygen atoms in total. The maximum absolute atomic E-state index is 13.0. The molecule has 0 unspecified atom stereocenters. The first-order valence-corrected chi connectivity index (χ1v) is 11.7. The summed E-state index contributed by atoms with van der Waals surface area (Å²) in [5, 5.41) is 0.564. The fraction of sp³-hybridized carbons (Fsp3) is 0.333. The zero-order valence-electron chi connectivity index (χ0n) is 17.7. The molecule has 0 aromatic heterocycles. The van der Waals surface area contributed by atoms with E-state index >= 15 is 0 Å². The summed E-state index contributed by atoms with van der Waals surface area (Å²) in [6.45, 7) is 1.89. The Morgan fingerprint density at radius 3 is 2.09 bits per heavy atom. The lowest BCUT2D eigenvalue weighted by Crippen LogP contribution is -2.43. The number of allylic oxidation sites excluding steroid dienone is 4. The van der Waals surface area contributed by atoms with Crippen LogP contribution in [-0.4, -0.2) is 31.4 Å². The van der Waals surface area contributed by atoms with E-state index in [0.717, 1.165) is 25.9 Å². The van der Waals surface area contributed by atoms with Gasteiger partial charge in [-0.3, -0.25) is 4.79 Å². The third-order valence-electron chi connectivity index (χ3n) is 7.43. The monoisotopic (exact) mass is 445 g/mol. The number of ketones is 1. The number of benzene rings is 2. The van der Waals surface area contributed by atoms with Crippen molar-refractivity contribution in [3.63, 3.8) is 0 Å². The molecule has 4 aliphatic rings. The van der Waals surface area contributed by atoms with Crippen molar-refractivity contribution >= 4 is 29.0 Å². The van der Waals surface area contributed by atoms with Gasteiger partial charge in [0, 0.05) is 41.2 Å². The Kier molecular flexibility index (Phi) is 4.72. The molecule has 2 aromatic carbocycles. The van der Waals surface area contributed by atoms with E-state index in [4.69, 9.17) is 16.3 Å². The Morgan fingerprint density at radius 2 is 1.50 bits per heavy atom. The average molecular weight is 446 g/mol. The van der Waals surface area contributed by atoms with Crippen LogP contribution >= 0.6 is 11.6 Å². The van der Waals surface area contributed by atoms with E-state index in [-0.39, 0.29) is 12.4 Å². The molecule has 0 bridgehead atoms. The summed E-state index contributed by atoms with van der Waals surface area (Å²) in [7, 11) is 0. The lowest BCUT2D eigenvalue weighted by molar-refractivity contribution is 0.0474. The number of anilines is 1. The van der Waals surface area contributed by atoms with Crippen LogP contribution in [0, 0.1) is 11.8 Å². The molecular formula is C27H24ClNO3. The minimum atomic E-state index is -0.439. The average Bonchev–Trinajstić information content (AvgIpc) is 3.47. The second kappa shape index (κ2) is 7.63. The Morgan fingerprint density at radius 1 is 0.906 bits per heavy atom. The van der Waals surface area contributed by atoms with E-state index in [2.05, 4.69) is 29.2 Å². The number of hydrogen-bond acceptors (Lipinski definition) is 4. The third kappa shape index (κ3) is 3.20. The number of esters is 1. The van der Waals surface area contributed by atoms with Crippen molar-refractivity contribution in [2.75, 3.05) is 24.6 Å². The number of carbonyl (C=O) groups excluding carboxylic acids is 2. The quantitative estimate of drug-likeness (QED) is 0.352. The molecule has 2 aliphatic carbocycles. The van der Waals surface area contributed by atoms with Gasteiger partial charge in [0.25, 0.3) is 0 Å². The summed E-state index contributed by atoms with van der Waals surface area (Å²) in [6, 6.07) is 10.6. The van der Waals surface area contributed by atoms with Crippen molar-refractivity contribution in [3.05, 3.63) is 88.0 Å². The molecule has 0 fully saturated rings. The molecule has 0 saturated carbocycles. The van der Waals surface area contributed by atoms with Gasteiger partial charge in [0.15, 0.2) is 12.4 Å². The molecule has 4 atom stereocenters. The third-order valence-corrected chi connectivity index (χ3v) is 7.68. The summed E-state index contributed by atoms with van der Waals surface area (Å²) in [4.78, 5) is 28.0. The number of Topliss-reactive ketones (excluding diaryl/α,β-unsaturated/α-hetero) is 1. The highest BCUT2D eigenvalue weighted by Gasteiger charge is 2.42. The molecule has 32 heavy (non-hydrogen) atoms. The van der Waals surface area contributed by atoms with Gasteiger partial charge in [0.2, 0.25) is 0 Å². The Hall–Kier alpha value is -2.85. The van der Waals surface area contributed by atoms with E-state index in [1.165, 1.54) is 16.8 Å². The predicted molar refractivity (Wildman–Crippen MR) is 125 cm³/mol. The molecule has 162 valence electrons. The van der Waals surface area contributed by atoms with Crippen LogP contribution in [0.5, 0.6) is 0 Å². The normalized spacial score (nSPS) is 26.5. The van der Waals surface area contributed by atoms with E-state index in [1.54, 1.807) is 24.3 Å². The highest BCUT2D eigenvalue weighted by atomic mass is 35.5. The van der Waals surface area contributed by atoms with Crippen LogP contribution in [-0.2, 0) is 4.74 Å². The maximum atomic E-state index is 13.0. The van der Waals surface area contributed by atoms with Gasteiger partial charge in [-0.15, -0.1) is 0 Å². The van der Waals surface area contributed by atoms with Crippen molar-refractivity contribution in [3.8, 4) is 0 Å². The standard InChI is InChI=1S/C27H24ClNO3/c28-20-9-7-16(8-10-20)25(30)15-32-27(31)19-11-23-21-5-1-3-17(21)13-29-14-18-4-2-6-22(18)24(12-19)26(23)29/h1-2,5-12,17-18,21-22H,3-4,13-15H2/t17-,18+,21-,22-/m0/s1. The number of rotatable bonds is 4. The van der Waals surface area contributed by atoms with Crippen LogP contribution < -0.4 is 4.90 Å². The Balaban J connectivity index is 1.31. The van der Waals surface area contributed by atoms with Gasteiger partial charge in [-0.25, -0.2) is 4.79 Å². The molecular weight excluding hydrogens is 422 g/mol. The highest BCUT2D eigenvalue weighted by molar-refractivity contribution is 6.30. The van der Waals surface area contributed by atoms with Gasteiger partial charge >= 0.3 is 5.97 Å². The number of carbonyl (C=O) groups is 2. The Bertz CT molecular complexity index is 1110. The van der Waals surface area contributed by atoms with Crippen molar-refractivity contribution in [1.82, 2.24) is 0 Å². The first-order chi connectivity index (χ1) is 15.6. The summed E-state index contributed by atoms with van der Waals surface area (Å²) >= 11 is 5.89. The second-order valence-corrected chi connectivity index (χ2v) is 9.75. The van der Waals surface area contributed by atoms with Gasteiger partial charge in [-0.1, -0.05) is 35.9 Å². The van der Waals surface area contributed by atoms with Crippen LogP contribution in [0.1, 0.15) is 56.5 Å². The van der Waals surface area contributed by atoms with E-state index in [9.17, 15) is 9.59 Å². The zero-order chi connectivity index (χ0) is 21.8. The van der Waals surface area contributed by atoms with Crippen molar-refractivity contribution in [2.45, 2.75) is 24.7 Å². The lowest BCUT2D eigenvalue weighted by atomic mass is 9.74. The summed E-state index contributed by atoms with van der Waals surface area (Å²) in [5.41, 5.74) is 4.82. The fourth-order valence-corrected chi connectivity index (χ4v) is 6.05. The number of halogens is 1. The van der Waals surface area contributed by atoms with E-state index in [0.29, 0.717) is 39.8 Å². The van der Waals surface area contributed by atoms with Gasteiger partial charge in [0.1, 0.15) is 0 Å². The van der Waals surface area contributed by atoms with Crippen LogP contribution in [0.4, 0.5) is 5.69 Å². The maximum Gasteiger partial charge on any atom is 0.338 e. The summed E-state index contributed by atoms with van der Waals surface area (Å²) in [6.07, 6.45) is 11.3. The lowest BCUT2D eigenvalue weighted by Gasteiger charge is -2.46. The number of nitrogens with zero attached hydrogens (tertiary/aromatic N) is 1. The molecule has 6 rings (SSSR count). The first-order valence-electron chi connectivity index (χ1n) is 11.3. The van der Waals surface area contributed by atoms with Gasteiger partial charge in [-0.05, 0) is 72.2 Å². The molecule has 0 radical (unpaired) electrons. The van der Waals surface area contributed by atoms with Crippen LogP contribution in [0.2, 0.25) is 5.02 Å². The molecule has 2 heterocycles. The van der Waals surface area contributed by atoms with E-state index < -0.39 is 5.97 Å². The smallest absolute Gasteiger partial charge is 0.338 e. The highest BCUT2D eigenvalue weighted by Crippen LogP contribution is 2.53. The van der Waals surface area contributed by atoms with Crippen LogP contribution in [0.25, 0.3) is 0 Å². The van der Waals surface area contributed by atoms with Gasteiger partial charge in [0.05, 0.1) is 5.56 Å². The minimum absolute atomic E-state index is 0.238. The Labute approximate surface area is 192 Å². The number of ether oxygens (including phenoxy) is 1. The van der Waals surface area contributed by atoms with Crippen LogP contribution in [0.3, 0.4) is 0 Å². The van der Waals surface area contributed by atoms with Crippen LogP contribution in [0.15, 0.2) is 60.7 Å². The fourth-order valence-electron chi connectivity index (χ4n) is 5.93. The molecule has 5 heteroatoms. The van der Waals surface area contributed by atoms with Crippen molar-refractivity contribution < 1.29 is 14.3 Å². The zero-order valence-corrected chi connectivity index (χ0v) is 18.4. The SMILES string of the molecule is O=C(COC(=O)c1cc2c3c(c1)[C@H]1C=CC[C@H]1CN3C[C@H]1CC=C[C@H]21)c1ccc(Cl)cc1. The summed E-state index contributed by atoms with van der Waals surface area (Å²) in [5.74, 6) is 1.16. The van der Waals surface area contributed by atoms with Crippen molar-refractivity contribution in [2.24, 2.45) is 11.8 Å². The predicted octanol–water partition coefficient (Wildman–Crippen LogP) is 5.53. The van der Waals surface area contributed by atoms with Crippen molar-refractivity contribution in [1.29, 1.82) is 0 Å². The number of fused-ring (bicyclic) bond motifs is 4. The molecule has 0 saturated heterocycles. The molecule has 0 amide bonds. The van der Waals surface area contributed by atoms with Gasteiger partial charge < -0.3 is 9.64 Å². The second-order valence-electron chi connectivity index (χ2n) is 9.31. The minimum Gasteiger partial charge on any atom is -0.454 e. The first kappa shape index (κ1) is 19.8. The molecule has 0 spiro atoms. The van der Waals surface area contributed by atoms with Gasteiger partial charge in [-0.2, -0.15) is 0 Å². The molecule has 2 aromatic rings. The molecule has 0 N–H and O–H groups in total. The molecule has 2 aliphatic heterocycles. The van der Waals surface area contributed by atoms with E-state index in [1.807, 2.05) is 12.1 Å². The number of hydrogen-bond donors (Lipinski definition) is 0. The largest absolute Gasteiger partial charge is 0.454 e.